The Labute approximate surface area is 75.3 Å². The largest absolute Gasteiger partial charge is 0.339 e. The molecule has 0 saturated heterocycles. The number of carbonyl (C=O) groups is 1. The van der Waals surface area contributed by atoms with Gasteiger partial charge in [-0.05, 0) is 27.7 Å². The lowest BCUT2D eigenvalue weighted by Crippen LogP contribution is -2.30. The average molecular weight is 169 g/mol. The summed E-state index contributed by atoms with van der Waals surface area (Å²) in [5.74, 6) is 0.151. The van der Waals surface area contributed by atoms with Crippen LogP contribution in [0.4, 0.5) is 0 Å². The molecule has 70 valence electrons. The van der Waals surface area contributed by atoms with Crippen LogP contribution in [-0.4, -0.2) is 23.9 Å². The summed E-state index contributed by atoms with van der Waals surface area (Å²) in [4.78, 5) is 12.9. The number of nitrogens with zero attached hydrogens (tertiary/aromatic N) is 1. The summed E-state index contributed by atoms with van der Waals surface area (Å²) in [6.45, 7) is 11.4. The van der Waals surface area contributed by atoms with Crippen molar-refractivity contribution >= 4 is 5.91 Å². The molecule has 0 rings (SSSR count). The fraction of sp³-hybridized carbons (Fsp3) is 0.700. The van der Waals surface area contributed by atoms with E-state index in [0.29, 0.717) is 0 Å². The average Bonchev–Trinajstić information content (AvgIpc) is 1.98. The molecule has 1 amide bonds. The van der Waals surface area contributed by atoms with Crippen molar-refractivity contribution in [3.8, 4) is 0 Å². The van der Waals surface area contributed by atoms with Crippen LogP contribution in [-0.2, 0) is 4.79 Å². The number of likely N-dealkylation sites (N-methyl/N-ethyl adjacent to an activating group) is 1. The van der Waals surface area contributed by atoms with E-state index >= 15 is 0 Å². The molecule has 0 aliphatic heterocycles. The predicted octanol–water partition coefficient (Wildman–Crippen LogP) is 2.21. The SMILES string of the molecule is CCN(CC(C)=C(C)C)C(C)=O. The van der Waals surface area contributed by atoms with Gasteiger partial charge in [0.25, 0.3) is 0 Å². The second kappa shape index (κ2) is 4.96. The highest BCUT2D eigenvalue weighted by molar-refractivity contribution is 5.73. The molecule has 2 heteroatoms. The van der Waals surface area contributed by atoms with Crippen LogP contribution >= 0.6 is 0 Å². The van der Waals surface area contributed by atoms with E-state index in [4.69, 9.17) is 0 Å². The normalized spacial score (nSPS) is 9.42. The molecule has 12 heavy (non-hydrogen) atoms. The van der Waals surface area contributed by atoms with E-state index in [1.807, 2.05) is 11.8 Å². The lowest BCUT2D eigenvalue weighted by atomic mass is 10.1. The van der Waals surface area contributed by atoms with Gasteiger partial charge in [-0.2, -0.15) is 0 Å². The van der Waals surface area contributed by atoms with Gasteiger partial charge < -0.3 is 4.90 Å². The molecule has 0 aliphatic carbocycles. The van der Waals surface area contributed by atoms with E-state index in [-0.39, 0.29) is 5.91 Å². The van der Waals surface area contributed by atoms with Crippen LogP contribution < -0.4 is 0 Å². The molecule has 0 aromatic carbocycles. The van der Waals surface area contributed by atoms with Gasteiger partial charge in [0.1, 0.15) is 0 Å². The number of hydrogen-bond donors (Lipinski definition) is 0. The first-order chi connectivity index (χ1) is 5.49. The van der Waals surface area contributed by atoms with Gasteiger partial charge in [-0.15, -0.1) is 0 Å². The molecule has 0 atom stereocenters. The molecule has 2 nitrogen and oxygen atoms in total. The van der Waals surface area contributed by atoms with Crippen molar-refractivity contribution in [3.05, 3.63) is 11.1 Å². The van der Waals surface area contributed by atoms with E-state index in [9.17, 15) is 4.79 Å². The standard InChI is InChI=1S/C10H19NO/c1-6-11(10(5)12)7-9(4)8(2)3/h6-7H2,1-5H3. The van der Waals surface area contributed by atoms with Gasteiger partial charge in [0.05, 0.1) is 0 Å². The van der Waals surface area contributed by atoms with Gasteiger partial charge in [-0.1, -0.05) is 11.1 Å². The minimum atomic E-state index is 0.151. The first kappa shape index (κ1) is 11.2. The summed E-state index contributed by atoms with van der Waals surface area (Å²) in [5.41, 5.74) is 2.58. The van der Waals surface area contributed by atoms with Crippen molar-refractivity contribution < 1.29 is 4.79 Å². The summed E-state index contributed by atoms with van der Waals surface area (Å²) in [7, 11) is 0. The van der Waals surface area contributed by atoms with Crippen molar-refractivity contribution in [2.24, 2.45) is 0 Å². The maximum atomic E-state index is 11.0. The Morgan fingerprint density at radius 1 is 1.17 bits per heavy atom. The van der Waals surface area contributed by atoms with E-state index in [2.05, 4.69) is 20.8 Å². The first-order valence-electron chi connectivity index (χ1n) is 4.37. The molecule has 0 bridgehead atoms. The highest BCUT2D eigenvalue weighted by atomic mass is 16.2. The molecule has 0 aliphatic rings. The molecule has 0 N–H and O–H groups in total. The van der Waals surface area contributed by atoms with Crippen LogP contribution in [0.2, 0.25) is 0 Å². The van der Waals surface area contributed by atoms with Crippen molar-refractivity contribution in [1.82, 2.24) is 4.90 Å². The highest BCUT2D eigenvalue weighted by Gasteiger charge is 2.05. The van der Waals surface area contributed by atoms with Gasteiger partial charge in [0.2, 0.25) is 5.91 Å². The number of amides is 1. The predicted molar refractivity (Wildman–Crippen MR) is 52.0 cm³/mol. The third-order valence-electron chi connectivity index (χ3n) is 2.11. The Morgan fingerprint density at radius 3 is 1.92 bits per heavy atom. The third-order valence-corrected chi connectivity index (χ3v) is 2.11. The zero-order valence-electron chi connectivity index (χ0n) is 8.77. The van der Waals surface area contributed by atoms with Gasteiger partial charge in [-0.25, -0.2) is 0 Å². The molecule has 0 heterocycles. The maximum Gasteiger partial charge on any atom is 0.219 e. The highest BCUT2D eigenvalue weighted by Crippen LogP contribution is 2.04. The smallest absolute Gasteiger partial charge is 0.219 e. The van der Waals surface area contributed by atoms with E-state index in [0.717, 1.165) is 13.1 Å². The van der Waals surface area contributed by atoms with E-state index in [1.165, 1.54) is 11.1 Å². The van der Waals surface area contributed by atoms with Crippen LogP contribution in [0.1, 0.15) is 34.6 Å². The molecule has 0 radical (unpaired) electrons. The fourth-order valence-electron chi connectivity index (χ4n) is 0.890. The van der Waals surface area contributed by atoms with Gasteiger partial charge in [-0.3, -0.25) is 4.79 Å². The van der Waals surface area contributed by atoms with Crippen LogP contribution in [0.3, 0.4) is 0 Å². The zero-order chi connectivity index (χ0) is 9.72. The Morgan fingerprint density at radius 2 is 1.67 bits per heavy atom. The summed E-state index contributed by atoms with van der Waals surface area (Å²) < 4.78 is 0. The van der Waals surface area contributed by atoms with Gasteiger partial charge >= 0.3 is 0 Å². The summed E-state index contributed by atoms with van der Waals surface area (Å²) >= 11 is 0. The van der Waals surface area contributed by atoms with Crippen molar-refractivity contribution in [3.63, 3.8) is 0 Å². The van der Waals surface area contributed by atoms with Crippen molar-refractivity contribution in [2.75, 3.05) is 13.1 Å². The van der Waals surface area contributed by atoms with Gasteiger partial charge in [0.15, 0.2) is 0 Å². The topological polar surface area (TPSA) is 20.3 Å². The minimum absolute atomic E-state index is 0.151. The number of allylic oxidation sites excluding steroid dienone is 1. The second-order valence-electron chi connectivity index (χ2n) is 3.31. The second-order valence-corrected chi connectivity index (χ2v) is 3.31. The molecule has 0 spiro atoms. The zero-order valence-corrected chi connectivity index (χ0v) is 8.77. The molecule has 0 unspecified atom stereocenters. The van der Waals surface area contributed by atoms with Crippen LogP contribution in [0.15, 0.2) is 11.1 Å². The quantitative estimate of drug-likeness (QED) is 0.593. The first-order valence-corrected chi connectivity index (χ1v) is 4.37. The van der Waals surface area contributed by atoms with Crippen LogP contribution in [0.25, 0.3) is 0 Å². The molecule has 0 aromatic heterocycles. The Balaban J connectivity index is 4.22. The fourth-order valence-corrected chi connectivity index (χ4v) is 0.890. The van der Waals surface area contributed by atoms with E-state index in [1.54, 1.807) is 6.92 Å². The van der Waals surface area contributed by atoms with Crippen molar-refractivity contribution in [1.29, 1.82) is 0 Å². The van der Waals surface area contributed by atoms with E-state index < -0.39 is 0 Å². The number of hydrogen-bond acceptors (Lipinski definition) is 1. The Hall–Kier alpha value is -0.790. The lowest BCUT2D eigenvalue weighted by Gasteiger charge is -2.19. The lowest BCUT2D eigenvalue weighted by molar-refractivity contribution is -0.128. The van der Waals surface area contributed by atoms with Crippen LogP contribution in [0, 0.1) is 0 Å². The molecular formula is C10H19NO. The Bertz CT molecular complexity index is 190. The summed E-state index contributed by atoms with van der Waals surface area (Å²) in [5, 5.41) is 0. The maximum absolute atomic E-state index is 11.0. The van der Waals surface area contributed by atoms with Gasteiger partial charge in [0, 0.05) is 20.0 Å². The van der Waals surface area contributed by atoms with Crippen molar-refractivity contribution in [2.45, 2.75) is 34.6 Å². The monoisotopic (exact) mass is 169 g/mol. The Kier molecular flexibility index (Phi) is 4.64. The molecule has 0 fully saturated rings. The number of rotatable bonds is 3. The summed E-state index contributed by atoms with van der Waals surface area (Å²) in [6, 6.07) is 0. The van der Waals surface area contributed by atoms with Crippen LogP contribution in [0.5, 0.6) is 0 Å². The molecular weight excluding hydrogens is 150 g/mol. The summed E-state index contributed by atoms with van der Waals surface area (Å²) in [6.07, 6.45) is 0. The third kappa shape index (κ3) is 3.56. The molecule has 0 saturated carbocycles. The minimum Gasteiger partial charge on any atom is -0.339 e. The molecule has 0 aromatic rings. The number of carbonyl (C=O) groups excluding carboxylic acids is 1.